The molecule has 0 radical (unpaired) electrons. The maximum Gasteiger partial charge on any atom is 0.326 e. The molecule has 0 bridgehead atoms. The summed E-state index contributed by atoms with van der Waals surface area (Å²) in [7, 11) is 0. The van der Waals surface area contributed by atoms with Gasteiger partial charge in [-0.15, -0.1) is 0 Å². The number of ether oxygens (including phenoxy) is 1. The average molecular weight is 406 g/mol. The van der Waals surface area contributed by atoms with Crippen molar-refractivity contribution in [2.24, 2.45) is 5.92 Å². The minimum atomic E-state index is -0.723. The number of hydrogen-bond acceptors (Lipinski definition) is 4. The fourth-order valence-electron chi connectivity index (χ4n) is 3.54. The van der Waals surface area contributed by atoms with Crippen LogP contribution in [0, 0.1) is 5.92 Å². The molecule has 1 aliphatic heterocycles. The zero-order valence-electron chi connectivity index (χ0n) is 17.4. The van der Waals surface area contributed by atoms with Gasteiger partial charge in [0.1, 0.15) is 12.6 Å². The van der Waals surface area contributed by atoms with E-state index in [1.165, 1.54) is 9.80 Å². The highest BCUT2D eigenvalue weighted by Crippen LogP contribution is 2.31. The number of hydrogen-bond donors (Lipinski definition) is 0. The Labute approximate surface area is 176 Å². The van der Waals surface area contributed by atoms with Crippen molar-refractivity contribution < 1.29 is 19.1 Å². The Morgan fingerprint density at radius 1 is 1.00 bits per heavy atom. The second kappa shape index (κ2) is 9.39. The van der Waals surface area contributed by atoms with Gasteiger partial charge in [0.15, 0.2) is 0 Å². The van der Waals surface area contributed by atoms with Gasteiger partial charge >= 0.3 is 5.97 Å². The van der Waals surface area contributed by atoms with E-state index in [4.69, 9.17) is 4.74 Å². The lowest BCUT2D eigenvalue weighted by molar-refractivity contribution is -0.148. The Morgan fingerprint density at radius 2 is 1.60 bits per heavy atom. The van der Waals surface area contributed by atoms with E-state index in [2.05, 4.69) is 0 Å². The van der Waals surface area contributed by atoms with Gasteiger partial charge in [0, 0.05) is 11.8 Å². The molecule has 0 N–H and O–H groups in total. The van der Waals surface area contributed by atoms with Gasteiger partial charge in [-0.2, -0.15) is 0 Å². The van der Waals surface area contributed by atoms with Crippen LogP contribution in [0.25, 0.3) is 5.70 Å². The van der Waals surface area contributed by atoms with Crippen molar-refractivity contribution in [3.63, 3.8) is 0 Å². The van der Waals surface area contributed by atoms with Gasteiger partial charge in [0.25, 0.3) is 11.8 Å². The van der Waals surface area contributed by atoms with Gasteiger partial charge in [-0.25, -0.2) is 0 Å². The SMILES string of the molecule is CCOC(=O)CN1C(=O)C(C(C)C)N(C(=O)c2ccccc2)C=C1c1ccccc1. The molecule has 2 aromatic carbocycles. The summed E-state index contributed by atoms with van der Waals surface area (Å²) in [6.45, 7) is 5.53. The summed E-state index contributed by atoms with van der Waals surface area (Å²) < 4.78 is 5.08. The lowest BCUT2D eigenvalue weighted by atomic mass is 9.96. The molecule has 0 spiro atoms. The van der Waals surface area contributed by atoms with Gasteiger partial charge in [-0.05, 0) is 30.5 Å². The van der Waals surface area contributed by atoms with E-state index in [0.717, 1.165) is 5.56 Å². The van der Waals surface area contributed by atoms with Gasteiger partial charge in [-0.3, -0.25) is 19.3 Å². The highest BCUT2D eigenvalue weighted by molar-refractivity contribution is 6.03. The summed E-state index contributed by atoms with van der Waals surface area (Å²) in [5, 5.41) is 0. The van der Waals surface area contributed by atoms with Crippen LogP contribution in [0.15, 0.2) is 66.9 Å². The van der Waals surface area contributed by atoms with Crippen molar-refractivity contribution in [2.45, 2.75) is 26.8 Å². The van der Waals surface area contributed by atoms with Gasteiger partial charge < -0.3 is 9.64 Å². The second-order valence-corrected chi connectivity index (χ2v) is 7.38. The van der Waals surface area contributed by atoms with E-state index in [0.29, 0.717) is 11.3 Å². The summed E-state index contributed by atoms with van der Waals surface area (Å²) in [5.74, 6) is -1.20. The molecule has 2 aromatic rings. The number of benzene rings is 2. The number of amides is 2. The maximum atomic E-state index is 13.5. The number of rotatable bonds is 6. The molecule has 1 atom stereocenters. The third kappa shape index (κ3) is 4.43. The van der Waals surface area contributed by atoms with Crippen LogP contribution in [0.1, 0.15) is 36.7 Å². The number of carbonyl (C=O) groups is 3. The lowest BCUT2D eigenvalue weighted by Crippen LogP contribution is -2.55. The van der Waals surface area contributed by atoms with Crippen molar-refractivity contribution in [1.29, 1.82) is 0 Å². The molecule has 156 valence electrons. The second-order valence-electron chi connectivity index (χ2n) is 7.38. The molecule has 2 amide bonds. The quantitative estimate of drug-likeness (QED) is 0.688. The monoisotopic (exact) mass is 406 g/mol. The Bertz CT molecular complexity index is 938. The van der Waals surface area contributed by atoms with Crippen LogP contribution in [0.5, 0.6) is 0 Å². The summed E-state index contributed by atoms with van der Waals surface area (Å²) in [6, 6.07) is 17.4. The molecule has 0 saturated carbocycles. The molecule has 6 nitrogen and oxygen atoms in total. The number of nitrogens with zero attached hydrogens (tertiary/aromatic N) is 2. The zero-order valence-corrected chi connectivity index (χ0v) is 17.4. The van der Waals surface area contributed by atoms with Crippen LogP contribution in [0.3, 0.4) is 0 Å². The lowest BCUT2D eigenvalue weighted by Gasteiger charge is -2.40. The van der Waals surface area contributed by atoms with Crippen molar-refractivity contribution in [2.75, 3.05) is 13.2 Å². The molecule has 0 saturated heterocycles. The first-order valence-electron chi connectivity index (χ1n) is 10.1. The first-order valence-corrected chi connectivity index (χ1v) is 10.1. The van der Waals surface area contributed by atoms with Crippen LogP contribution in [-0.4, -0.2) is 46.8 Å². The summed E-state index contributed by atoms with van der Waals surface area (Å²) in [5.41, 5.74) is 1.73. The molecule has 1 heterocycles. The van der Waals surface area contributed by atoms with Gasteiger partial charge in [0.2, 0.25) is 0 Å². The van der Waals surface area contributed by atoms with E-state index in [-0.39, 0.29) is 30.9 Å². The standard InChI is InChI=1S/C24H26N2O4/c1-4-30-21(27)16-25-20(18-11-7-5-8-12-18)15-26(22(17(2)3)24(25)29)23(28)19-13-9-6-10-14-19/h5-15,17,22H,4,16H2,1-3H3. The van der Waals surface area contributed by atoms with Crippen LogP contribution in [0.4, 0.5) is 0 Å². The Balaban J connectivity index is 2.10. The molecule has 3 rings (SSSR count). The highest BCUT2D eigenvalue weighted by Gasteiger charge is 2.41. The van der Waals surface area contributed by atoms with Crippen molar-refractivity contribution in [3.8, 4) is 0 Å². The molecule has 1 aliphatic rings. The third-order valence-corrected chi connectivity index (χ3v) is 4.92. The number of carbonyl (C=O) groups excluding carboxylic acids is 3. The van der Waals surface area contributed by atoms with Crippen LogP contribution in [-0.2, 0) is 14.3 Å². The predicted molar refractivity (Wildman–Crippen MR) is 114 cm³/mol. The minimum absolute atomic E-state index is 0.150. The molecule has 0 fully saturated rings. The number of esters is 1. The van der Waals surface area contributed by atoms with E-state index in [1.807, 2.05) is 50.2 Å². The summed E-state index contributed by atoms with van der Waals surface area (Å²) >= 11 is 0. The molecule has 1 unspecified atom stereocenters. The molecule has 30 heavy (non-hydrogen) atoms. The minimum Gasteiger partial charge on any atom is -0.465 e. The van der Waals surface area contributed by atoms with Crippen molar-refractivity contribution in [1.82, 2.24) is 9.80 Å². The first kappa shape index (κ1) is 21.3. The molecular formula is C24H26N2O4. The van der Waals surface area contributed by atoms with E-state index >= 15 is 0 Å². The first-order chi connectivity index (χ1) is 14.4. The maximum absolute atomic E-state index is 13.5. The Morgan fingerprint density at radius 3 is 2.17 bits per heavy atom. The zero-order chi connectivity index (χ0) is 21.7. The largest absolute Gasteiger partial charge is 0.465 e. The summed E-state index contributed by atoms with van der Waals surface area (Å²) in [4.78, 5) is 41.9. The fraction of sp³-hybridized carbons (Fsp3) is 0.292. The normalized spacial score (nSPS) is 16.5. The highest BCUT2D eigenvalue weighted by atomic mass is 16.5. The third-order valence-electron chi connectivity index (χ3n) is 4.92. The van der Waals surface area contributed by atoms with E-state index in [1.54, 1.807) is 37.4 Å². The van der Waals surface area contributed by atoms with Gasteiger partial charge in [0.05, 0.1) is 12.3 Å². The van der Waals surface area contributed by atoms with Crippen LogP contribution in [0.2, 0.25) is 0 Å². The predicted octanol–water partition coefficient (Wildman–Crippen LogP) is 3.56. The van der Waals surface area contributed by atoms with Crippen LogP contribution >= 0.6 is 0 Å². The van der Waals surface area contributed by atoms with Crippen LogP contribution < -0.4 is 0 Å². The van der Waals surface area contributed by atoms with Crippen molar-refractivity contribution in [3.05, 3.63) is 78.0 Å². The topological polar surface area (TPSA) is 66.9 Å². The molecule has 0 aliphatic carbocycles. The van der Waals surface area contributed by atoms with Crippen molar-refractivity contribution >= 4 is 23.5 Å². The van der Waals surface area contributed by atoms with Gasteiger partial charge in [-0.1, -0.05) is 62.4 Å². The smallest absolute Gasteiger partial charge is 0.326 e. The molecular weight excluding hydrogens is 380 g/mol. The average Bonchev–Trinajstić information content (AvgIpc) is 2.75. The molecule has 0 aromatic heterocycles. The Kier molecular flexibility index (Phi) is 6.67. The Hall–Kier alpha value is -3.41. The molecule has 6 heteroatoms. The van der Waals surface area contributed by atoms with E-state index < -0.39 is 12.0 Å². The van der Waals surface area contributed by atoms with E-state index in [9.17, 15) is 14.4 Å². The fourth-order valence-corrected chi connectivity index (χ4v) is 3.54. The summed E-state index contributed by atoms with van der Waals surface area (Å²) in [6.07, 6.45) is 1.68.